The normalized spacial score (nSPS) is 17.7. The lowest BCUT2D eigenvalue weighted by Crippen LogP contribution is -2.40. The summed E-state index contributed by atoms with van der Waals surface area (Å²) < 4.78 is 51.5. The molecule has 2 fully saturated rings. The van der Waals surface area contributed by atoms with Crippen LogP contribution in [0.3, 0.4) is 0 Å². The van der Waals surface area contributed by atoms with E-state index in [0.29, 0.717) is 58.3 Å². The molecule has 2 aliphatic rings. The van der Waals surface area contributed by atoms with Gasteiger partial charge < -0.3 is 19.7 Å². The van der Waals surface area contributed by atoms with Gasteiger partial charge in [0.25, 0.3) is 0 Å². The number of halogens is 1. The van der Waals surface area contributed by atoms with Gasteiger partial charge in [0.15, 0.2) is 0 Å². The number of ether oxygens (including phenoxy) is 2. The van der Waals surface area contributed by atoms with E-state index >= 15 is 0 Å². The lowest BCUT2D eigenvalue weighted by molar-refractivity contribution is -0.113. The van der Waals surface area contributed by atoms with Crippen molar-refractivity contribution in [2.24, 2.45) is 0 Å². The number of carbonyl (C=O) groups is 1. The molecule has 0 spiro atoms. The zero-order chi connectivity index (χ0) is 23.3. The summed E-state index contributed by atoms with van der Waals surface area (Å²) in [5.74, 6) is -0.508. The van der Waals surface area contributed by atoms with Crippen LogP contribution in [-0.2, 0) is 24.3 Å². The number of anilines is 2. The van der Waals surface area contributed by atoms with Crippen molar-refractivity contribution in [2.75, 3.05) is 68.6 Å². The first-order chi connectivity index (χ1) is 15.9. The first-order valence-electron chi connectivity index (χ1n) is 10.7. The van der Waals surface area contributed by atoms with Crippen LogP contribution in [0.4, 0.5) is 15.8 Å². The quantitative estimate of drug-likeness (QED) is 0.590. The Kier molecular flexibility index (Phi) is 7.86. The van der Waals surface area contributed by atoms with Gasteiger partial charge in [-0.25, -0.2) is 12.8 Å². The van der Waals surface area contributed by atoms with Crippen LogP contribution in [0.15, 0.2) is 52.3 Å². The predicted octanol–water partition coefficient (Wildman–Crippen LogP) is 2.41. The van der Waals surface area contributed by atoms with Crippen molar-refractivity contribution in [3.05, 3.63) is 48.3 Å². The van der Waals surface area contributed by atoms with Crippen LogP contribution >= 0.6 is 11.8 Å². The highest BCUT2D eigenvalue weighted by atomic mass is 32.2. The molecule has 2 aromatic carbocycles. The summed E-state index contributed by atoms with van der Waals surface area (Å²) in [5.41, 5.74) is 1.19. The average Bonchev–Trinajstić information content (AvgIpc) is 2.85. The largest absolute Gasteiger partial charge is 0.379 e. The van der Waals surface area contributed by atoms with E-state index in [9.17, 15) is 17.6 Å². The minimum absolute atomic E-state index is 0.106. The van der Waals surface area contributed by atoms with Gasteiger partial charge in [-0.1, -0.05) is 0 Å². The van der Waals surface area contributed by atoms with E-state index in [1.807, 2.05) is 0 Å². The van der Waals surface area contributed by atoms with Gasteiger partial charge in [-0.3, -0.25) is 4.79 Å². The maximum atomic E-state index is 13.1. The number of thioether (sulfide) groups is 1. The molecular formula is C22H26FN3O5S2. The van der Waals surface area contributed by atoms with Gasteiger partial charge in [-0.2, -0.15) is 4.31 Å². The molecule has 11 heteroatoms. The summed E-state index contributed by atoms with van der Waals surface area (Å²) in [6.07, 6.45) is 0. The van der Waals surface area contributed by atoms with Crippen molar-refractivity contribution in [2.45, 2.75) is 9.79 Å². The van der Waals surface area contributed by atoms with Crippen LogP contribution in [0.5, 0.6) is 0 Å². The molecule has 0 atom stereocenters. The molecule has 1 amide bonds. The van der Waals surface area contributed by atoms with Crippen LogP contribution in [0.1, 0.15) is 0 Å². The molecule has 2 aliphatic heterocycles. The second-order valence-electron chi connectivity index (χ2n) is 7.59. The SMILES string of the molecule is O=C(CSc1ccc(F)cc1)Nc1cc(S(=O)(=O)N2CCOCC2)ccc1N1CCOCC1. The maximum Gasteiger partial charge on any atom is 0.243 e. The van der Waals surface area contributed by atoms with Gasteiger partial charge in [-0.05, 0) is 42.5 Å². The van der Waals surface area contributed by atoms with Crippen LogP contribution in [0, 0.1) is 5.82 Å². The van der Waals surface area contributed by atoms with Crippen LogP contribution in [0.2, 0.25) is 0 Å². The third-order valence-electron chi connectivity index (χ3n) is 5.39. The summed E-state index contributed by atoms with van der Waals surface area (Å²) in [6.45, 7) is 3.70. The number of amides is 1. The lowest BCUT2D eigenvalue weighted by atomic mass is 10.2. The predicted molar refractivity (Wildman–Crippen MR) is 125 cm³/mol. The molecule has 0 aromatic heterocycles. The number of hydrogen-bond acceptors (Lipinski definition) is 7. The van der Waals surface area contributed by atoms with E-state index in [2.05, 4.69) is 10.2 Å². The smallest absolute Gasteiger partial charge is 0.243 e. The number of benzene rings is 2. The Bertz CT molecular complexity index is 1070. The van der Waals surface area contributed by atoms with Crippen LogP contribution < -0.4 is 10.2 Å². The minimum Gasteiger partial charge on any atom is -0.379 e. The average molecular weight is 496 g/mol. The molecule has 2 heterocycles. The fourth-order valence-electron chi connectivity index (χ4n) is 3.66. The highest BCUT2D eigenvalue weighted by Gasteiger charge is 2.28. The molecule has 0 saturated carbocycles. The van der Waals surface area contributed by atoms with E-state index < -0.39 is 10.0 Å². The maximum absolute atomic E-state index is 13.1. The van der Waals surface area contributed by atoms with Gasteiger partial charge >= 0.3 is 0 Å². The third-order valence-corrected chi connectivity index (χ3v) is 8.29. The highest BCUT2D eigenvalue weighted by Crippen LogP contribution is 2.31. The highest BCUT2D eigenvalue weighted by molar-refractivity contribution is 8.00. The van der Waals surface area contributed by atoms with Crippen molar-refractivity contribution in [1.29, 1.82) is 0 Å². The lowest BCUT2D eigenvalue weighted by Gasteiger charge is -2.31. The topological polar surface area (TPSA) is 88.2 Å². The third kappa shape index (κ3) is 6.04. The van der Waals surface area contributed by atoms with E-state index in [1.54, 1.807) is 24.3 Å². The summed E-state index contributed by atoms with van der Waals surface area (Å²) >= 11 is 1.28. The van der Waals surface area contributed by atoms with Crippen molar-refractivity contribution < 1.29 is 27.1 Å². The molecule has 0 aliphatic carbocycles. The van der Waals surface area contributed by atoms with E-state index in [-0.39, 0.29) is 22.4 Å². The summed E-state index contributed by atoms with van der Waals surface area (Å²) in [6, 6.07) is 10.8. The van der Waals surface area contributed by atoms with Crippen LogP contribution in [0.25, 0.3) is 0 Å². The molecule has 0 radical (unpaired) electrons. The summed E-state index contributed by atoms with van der Waals surface area (Å²) in [7, 11) is -3.71. The molecule has 178 valence electrons. The number of hydrogen-bond donors (Lipinski definition) is 1. The fraction of sp³-hybridized carbons (Fsp3) is 0.409. The van der Waals surface area contributed by atoms with Gasteiger partial charge in [0, 0.05) is 31.1 Å². The molecular weight excluding hydrogens is 469 g/mol. The summed E-state index contributed by atoms with van der Waals surface area (Å²) in [4.78, 5) is 15.7. The Hall–Kier alpha value is -2.18. The fourth-order valence-corrected chi connectivity index (χ4v) is 5.79. The number of nitrogens with one attached hydrogen (secondary N) is 1. The molecule has 2 aromatic rings. The zero-order valence-electron chi connectivity index (χ0n) is 18.0. The molecule has 2 saturated heterocycles. The molecule has 8 nitrogen and oxygen atoms in total. The Morgan fingerprint density at radius 2 is 1.61 bits per heavy atom. The second-order valence-corrected chi connectivity index (χ2v) is 10.6. The van der Waals surface area contributed by atoms with Gasteiger partial charge in [0.1, 0.15) is 5.82 Å². The van der Waals surface area contributed by atoms with E-state index in [0.717, 1.165) is 10.6 Å². The van der Waals surface area contributed by atoms with Crippen LogP contribution in [-0.4, -0.2) is 77.0 Å². The first kappa shape index (κ1) is 24.0. The standard InChI is InChI=1S/C22H26FN3O5S2/c23-17-1-3-18(4-2-17)32-16-22(27)24-20-15-19(33(28,29)26-9-13-31-14-10-26)5-6-21(20)25-7-11-30-12-8-25/h1-6,15H,7-14,16H2,(H,24,27). The van der Waals surface area contributed by atoms with Gasteiger partial charge in [-0.15, -0.1) is 11.8 Å². The van der Waals surface area contributed by atoms with Gasteiger partial charge in [0.05, 0.1) is 48.5 Å². The number of morpholine rings is 2. The van der Waals surface area contributed by atoms with Crippen molar-refractivity contribution in [1.82, 2.24) is 4.31 Å². The summed E-state index contributed by atoms with van der Waals surface area (Å²) in [5, 5.41) is 2.88. The van der Waals surface area contributed by atoms with Crippen molar-refractivity contribution >= 4 is 39.1 Å². The molecule has 33 heavy (non-hydrogen) atoms. The Balaban J connectivity index is 1.55. The number of rotatable bonds is 7. The zero-order valence-corrected chi connectivity index (χ0v) is 19.7. The molecule has 1 N–H and O–H groups in total. The molecule has 4 rings (SSSR count). The number of carbonyl (C=O) groups excluding carboxylic acids is 1. The van der Waals surface area contributed by atoms with E-state index in [4.69, 9.17) is 9.47 Å². The second kappa shape index (κ2) is 10.8. The first-order valence-corrected chi connectivity index (χ1v) is 13.1. The monoisotopic (exact) mass is 495 g/mol. The van der Waals surface area contributed by atoms with Crippen molar-refractivity contribution in [3.63, 3.8) is 0 Å². The Morgan fingerprint density at radius 3 is 2.27 bits per heavy atom. The van der Waals surface area contributed by atoms with E-state index in [1.165, 1.54) is 34.3 Å². The number of sulfonamides is 1. The van der Waals surface area contributed by atoms with Gasteiger partial charge in [0.2, 0.25) is 15.9 Å². The number of nitrogens with zero attached hydrogens (tertiary/aromatic N) is 2. The van der Waals surface area contributed by atoms with Crippen molar-refractivity contribution in [3.8, 4) is 0 Å². The molecule has 0 bridgehead atoms. The Morgan fingerprint density at radius 1 is 0.970 bits per heavy atom. The Labute approximate surface area is 197 Å². The minimum atomic E-state index is -3.71. The molecule has 0 unspecified atom stereocenters.